The Hall–Kier alpha value is -3.69. The maximum atomic E-state index is 12.5. The van der Waals surface area contributed by atoms with Crippen LogP contribution in [-0.2, 0) is 23.6 Å². The fraction of sp³-hybridized carbons (Fsp3) is 0.192. The minimum Gasteiger partial charge on any atom is -0.506 e. The van der Waals surface area contributed by atoms with Gasteiger partial charge in [0.2, 0.25) is 15.9 Å². The number of aromatic hydroxyl groups is 2. The number of pyridine rings is 1. The Morgan fingerprint density at radius 1 is 1.11 bits per heavy atom. The van der Waals surface area contributed by atoms with E-state index in [0.717, 1.165) is 38.5 Å². The standard InChI is InChI=1S/C26H25ClN4O4S/c1-4-36(34,35)29-22-11-16(20-14-30(3)25-18(20)5-7-28-26(25)33)12-23-19(22)6-8-31(23)13-17-10-21(27)24(32)9-15(17)2/h5-12,14,29,32H,4,13H2,1-3H3,(H,28,33). The molecule has 0 saturated heterocycles. The normalized spacial score (nSPS) is 12.0. The predicted octanol–water partition coefficient (Wildman–Crippen LogP) is 5.38. The van der Waals surface area contributed by atoms with E-state index in [4.69, 9.17) is 11.6 Å². The maximum Gasteiger partial charge on any atom is 0.236 e. The molecule has 2 aromatic carbocycles. The first-order valence-electron chi connectivity index (χ1n) is 11.3. The Morgan fingerprint density at radius 2 is 1.89 bits per heavy atom. The number of aromatic nitrogens is 3. The lowest BCUT2D eigenvalue weighted by molar-refractivity contribution is 0.457. The number of benzene rings is 2. The molecule has 0 atom stereocenters. The summed E-state index contributed by atoms with van der Waals surface area (Å²) in [6, 6.07) is 10.9. The van der Waals surface area contributed by atoms with Gasteiger partial charge in [0.15, 0.2) is 0 Å². The predicted molar refractivity (Wildman–Crippen MR) is 143 cm³/mol. The van der Waals surface area contributed by atoms with Gasteiger partial charge in [-0.05, 0) is 66.9 Å². The molecule has 0 amide bonds. The number of hydrogen-bond acceptors (Lipinski definition) is 5. The zero-order chi connectivity index (χ0) is 25.8. The van der Waals surface area contributed by atoms with Gasteiger partial charge in [-0.2, -0.15) is 0 Å². The van der Waals surface area contributed by atoms with Crippen LogP contribution < -0.4 is 4.72 Å². The molecule has 3 N–H and O–H groups in total. The van der Waals surface area contributed by atoms with E-state index in [2.05, 4.69) is 9.71 Å². The summed E-state index contributed by atoms with van der Waals surface area (Å²) in [6.07, 6.45) is 5.33. The number of aryl methyl sites for hydroxylation is 2. The van der Waals surface area contributed by atoms with Crippen LogP contribution >= 0.6 is 11.6 Å². The molecular formula is C26H25ClN4O4S. The minimum atomic E-state index is -3.53. The first kappa shape index (κ1) is 24.0. The fourth-order valence-corrected chi connectivity index (χ4v) is 5.37. The van der Waals surface area contributed by atoms with Gasteiger partial charge in [-0.1, -0.05) is 11.6 Å². The Balaban J connectivity index is 1.73. The SMILES string of the molecule is CCS(=O)(=O)Nc1cc(-c2cn(C)c3c(O)nccc23)cc2c1ccn2Cc1cc(Cl)c(O)cc1C. The van der Waals surface area contributed by atoms with Crippen molar-refractivity contribution in [2.45, 2.75) is 20.4 Å². The average Bonchev–Trinajstić information content (AvgIpc) is 3.39. The van der Waals surface area contributed by atoms with Crippen LogP contribution in [0.2, 0.25) is 5.02 Å². The quantitative estimate of drug-likeness (QED) is 0.276. The molecule has 0 fully saturated rings. The molecule has 0 aliphatic carbocycles. The molecule has 36 heavy (non-hydrogen) atoms. The number of anilines is 1. The molecule has 0 spiro atoms. The molecule has 5 aromatic rings. The van der Waals surface area contributed by atoms with Gasteiger partial charge in [0.05, 0.1) is 22.0 Å². The number of nitrogens with one attached hydrogen (secondary N) is 1. The van der Waals surface area contributed by atoms with Crippen LogP contribution in [0.3, 0.4) is 0 Å². The van der Waals surface area contributed by atoms with Crippen molar-refractivity contribution in [3.8, 4) is 22.8 Å². The Bertz CT molecular complexity index is 1760. The molecule has 5 rings (SSSR count). The molecule has 10 heteroatoms. The molecule has 0 saturated carbocycles. The van der Waals surface area contributed by atoms with E-state index in [1.165, 1.54) is 0 Å². The van der Waals surface area contributed by atoms with Crippen LogP contribution in [0.15, 0.2) is 55.0 Å². The Labute approximate surface area is 213 Å². The van der Waals surface area contributed by atoms with Crippen LogP contribution in [0.1, 0.15) is 18.1 Å². The molecular weight excluding hydrogens is 500 g/mol. The minimum absolute atomic E-state index is 0.0301. The summed E-state index contributed by atoms with van der Waals surface area (Å²) in [6.45, 7) is 3.96. The van der Waals surface area contributed by atoms with Crippen molar-refractivity contribution < 1.29 is 18.6 Å². The van der Waals surface area contributed by atoms with Gasteiger partial charge in [0, 0.05) is 48.5 Å². The molecule has 0 radical (unpaired) electrons. The number of phenolic OH excluding ortho intramolecular Hbond substituents is 1. The lowest BCUT2D eigenvalue weighted by Gasteiger charge is -2.14. The summed E-state index contributed by atoms with van der Waals surface area (Å²) in [5.41, 5.74) is 5.32. The van der Waals surface area contributed by atoms with Crippen molar-refractivity contribution in [1.29, 1.82) is 0 Å². The number of fused-ring (bicyclic) bond motifs is 2. The van der Waals surface area contributed by atoms with Gasteiger partial charge in [0.25, 0.3) is 0 Å². The van der Waals surface area contributed by atoms with Gasteiger partial charge in [-0.3, -0.25) is 4.72 Å². The maximum absolute atomic E-state index is 12.5. The molecule has 8 nitrogen and oxygen atoms in total. The number of phenols is 1. The zero-order valence-corrected chi connectivity index (χ0v) is 21.5. The van der Waals surface area contributed by atoms with Crippen molar-refractivity contribution in [2.24, 2.45) is 7.05 Å². The molecule has 3 aromatic heterocycles. The number of nitrogens with zero attached hydrogens (tertiary/aromatic N) is 3. The van der Waals surface area contributed by atoms with E-state index in [9.17, 15) is 18.6 Å². The third-order valence-electron chi connectivity index (χ3n) is 6.46. The Kier molecular flexibility index (Phi) is 5.84. The number of hydrogen-bond donors (Lipinski definition) is 3. The lowest BCUT2D eigenvalue weighted by Crippen LogP contribution is -2.14. The van der Waals surface area contributed by atoms with Crippen molar-refractivity contribution in [2.75, 3.05) is 10.5 Å². The zero-order valence-electron chi connectivity index (χ0n) is 19.9. The molecule has 0 bridgehead atoms. The van der Waals surface area contributed by atoms with E-state index in [1.54, 1.807) is 29.8 Å². The fourth-order valence-electron chi connectivity index (χ4n) is 4.54. The van der Waals surface area contributed by atoms with E-state index in [0.29, 0.717) is 17.7 Å². The summed E-state index contributed by atoms with van der Waals surface area (Å²) >= 11 is 6.17. The highest BCUT2D eigenvalue weighted by Gasteiger charge is 2.18. The van der Waals surface area contributed by atoms with Crippen LogP contribution in [0.4, 0.5) is 5.69 Å². The number of sulfonamides is 1. The monoisotopic (exact) mass is 524 g/mol. The lowest BCUT2D eigenvalue weighted by atomic mass is 10.0. The molecule has 0 aliphatic heterocycles. The van der Waals surface area contributed by atoms with Crippen LogP contribution in [0, 0.1) is 6.92 Å². The van der Waals surface area contributed by atoms with Crippen molar-refractivity contribution in [3.63, 3.8) is 0 Å². The highest BCUT2D eigenvalue weighted by atomic mass is 35.5. The Morgan fingerprint density at radius 3 is 2.64 bits per heavy atom. The second-order valence-electron chi connectivity index (χ2n) is 8.82. The van der Waals surface area contributed by atoms with E-state index >= 15 is 0 Å². The van der Waals surface area contributed by atoms with Gasteiger partial charge in [-0.25, -0.2) is 13.4 Å². The van der Waals surface area contributed by atoms with Gasteiger partial charge in [-0.15, -0.1) is 0 Å². The first-order chi connectivity index (χ1) is 17.1. The summed E-state index contributed by atoms with van der Waals surface area (Å²) in [5.74, 6) is -0.0989. The van der Waals surface area contributed by atoms with Gasteiger partial charge >= 0.3 is 0 Å². The highest BCUT2D eigenvalue weighted by molar-refractivity contribution is 7.92. The molecule has 0 aliphatic rings. The van der Waals surface area contributed by atoms with E-state index < -0.39 is 10.0 Å². The molecule has 186 valence electrons. The summed E-state index contributed by atoms with van der Waals surface area (Å²) < 4.78 is 31.6. The van der Waals surface area contributed by atoms with Crippen molar-refractivity contribution >= 4 is 49.1 Å². The van der Waals surface area contributed by atoms with Crippen LogP contribution in [0.25, 0.3) is 32.9 Å². The second-order valence-corrected chi connectivity index (χ2v) is 11.2. The summed E-state index contributed by atoms with van der Waals surface area (Å²) in [7, 11) is -1.71. The highest BCUT2D eigenvalue weighted by Crippen LogP contribution is 2.38. The van der Waals surface area contributed by atoms with E-state index in [-0.39, 0.29) is 22.4 Å². The largest absolute Gasteiger partial charge is 0.506 e. The first-order valence-corrected chi connectivity index (χ1v) is 13.4. The third-order valence-corrected chi connectivity index (χ3v) is 8.06. The summed E-state index contributed by atoms with van der Waals surface area (Å²) in [5, 5.41) is 22.1. The summed E-state index contributed by atoms with van der Waals surface area (Å²) in [4.78, 5) is 3.99. The smallest absolute Gasteiger partial charge is 0.236 e. The third kappa shape index (κ3) is 4.14. The van der Waals surface area contributed by atoms with Crippen LogP contribution in [0.5, 0.6) is 11.6 Å². The number of halogens is 1. The number of rotatable bonds is 6. The topological polar surface area (TPSA) is 109 Å². The second kappa shape index (κ2) is 8.76. The van der Waals surface area contributed by atoms with Crippen molar-refractivity contribution in [1.82, 2.24) is 14.1 Å². The van der Waals surface area contributed by atoms with Gasteiger partial charge in [0.1, 0.15) is 11.3 Å². The molecule has 3 heterocycles. The van der Waals surface area contributed by atoms with E-state index in [1.807, 2.05) is 55.2 Å². The van der Waals surface area contributed by atoms with Gasteiger partial charge < -0.3 is 19.3 Å². The van der Waals surface area contributed by atoms with Crippen molar-refractivity contribution in [3.05, 3.63) is 71.1 Å². The van der Waals surface area contributed by atoms with Crippen LogP contribution in [-0.4, -0.2) is 38.5 Å². The average molecular weight is 525 g/mol. The molecule has 0 unspecified atom stereocenters.